The van der Waals surface area contributed by atoms with Crippen LogP contribution in [-0.4, -0.2) is 24.9 Å². The van der Waals surface area contributed by atoms with Crippen LogP contribution in [0.2, 0.25) is 10.0 Å². The third kappa shape index (κ3) is 3.48. The smallest absolute Gasteiger partial charge is 0.215 e. The molecule has 0 saturated carbocycles. The lowest BCUT2D eigenvalue weighted by molar-refractivity contribution is -0.0189. The van der Waals surface area contributed by atoms with Crippen LogP contribution in [0.1, 0.15) is 35.4 Å². The number of fused-ring (bicyclic) bond motifs is 3. The standard InChI is InChI=1S/C24H20Cl2N2O3/c1-29-15-8-10-17(23(12-15)30-2)20-13-21-18-5-3-4-6-22(18)31-24(28(21)27-20)16-9-7-14(25)11-19(16)26/h3-12,21,24H,13H2,1-2H3/t21-,24-/m1/s1. The molecule has 3 aromatic rings. The molecule has 5 nitrogen and oxygen atoms in total. The maximum Gasteiger partial charge on any atom is 0.215 e. The highest BCUT2D eigenvalue weighted by Crippen LogP contribution is 2.49. The number of hydrogen-bond donors (Lipinski definition) is 0. The largest absolute Gasteiger partial charge is 0.497 e. The first-order chi connectivity index (χ1) is 15.1. The minimum Gasteiger partial charge on any atom is -0.497 e. The topological polar surface area (TPSA) is 43.3 Å². The van der Waals surface area contributed by atoms with Gasteiger partial charge in [-0.25, -0.2) is 5.01 Å². The lowest BCUT2D eigenvalue weighted by Crippen LogP contribution is -2.33. The minimum absolute atomic E-state index is 0.0171. The molecule has 0 fully saturated rings. The number of methoxy groups -OCH3 is 2. The molecule has 5 rings (SSSR count). The molecule has 3 aromatic carbocycles. The van der Waals surface area contributed by atoms with Crippen molar-refractivity contribution < 1.29 is 14.2 Å². The summed E-state index contributed by atoms with van der Waals surface area (Å²) in [7, 11) is 3.28. The van der Waals surface area contributed by atoms with Crippen LogP contribution in [-0.2, 0) is 0 Å². The van der Waals surface area contributed by atoms with Gasteiger partial charge in [0.25, 0.3) is 0 Å². The van der Waals surface area contributed by atoms with Crippen LogP contribution in [0.3, 0.4) is 0 Å². The van der Waals surface area contributed by atoms with Gasteiger partial charge in [-0.2, -0.15) is 5.10 Å². The second-order valence-electron chi connectivity index (χ2n) is 7.39. The molecule has 0 N–H and O–H groups in total. The van der Waals surface area contributed by atoms with Crippen molar-refractivity contribution in [1.82, 2.24) is 5.01 Å². The van der Waals surface area contributed by atoms with Gasteiger partial charge in [-0.05, 0) is 30.3 Å². The van der Waals surface area contributed by atoms with Gasteiger partial charge in [0.2, 0.25) is 6.23 Å². The summed E-state index contributed by atoms with van der Waals surface area (Å²) in [5.74, 6) is 2.28. The Hall–Kier alpha value is -2.89. The summed E-state index contributed by atoms with van der Waals surface area (Å²) in [4.78, 5) is 0. The zero-order valence-corrected chi connectivity index (χ0v) is 18.5. The highest BCUT2D eigenvalue weighted by molar-refractivity contribution is 6.35. The second kappa shape index (κ2) is 7.98. The number of hydrazone groups is 1. The first-order valence-electron chi connectivity index (χ1n) is 9.88. The van der Waals surface area contributed by atoms with Gasteiger partial charge in [-0.15, -0.1) is 0 Å². The fraction of sp³-hybridized carbons (Fsp3) is 0.208. The van der Waals surface area contributed by atoms with Crippen molar-refractivity contribution in [2.75, 3.05) is 14.2 Å². The number of rotatable bonds is 4. The monoisotopic (exact) mass is 454 g/mol. The van der Waals surface area contributed by atoms with Gasteiger partial charge in [0, 0.05) is 34.2 Å². The molecule has 0 bridgehead atoms. The van der Waals surface area contributed by atoms with Gasteiger partial charge in [-0.1, -0.05) is 47.5 Å². The fourth-order valence-electron chi connectivity index (χ4n) is 4.14. The van der Waals surface area contributed by atoms with Gasteiger partial charge in [0.1, 0.15) is 17.2 Å². The van der Waals surface area contributed by atoms with Crippen LogP contribution in [0.5, 0.6) is 17.2 Å². The van der Waals surface area contributed by atoms with Crippen LogP contribution >= 0.6 is 23.2 Å². The van der Waals surface area contributed by atoms with Crippen LogP contribution < -0.4 is 14.2 Å². The zero-order valence-electron chi connectivity index (χ0n) is 17.0. The molecule has 2 heterocycles. The Labute approximate surface area is 190 Å². The number of para-hydroxylation sites is 1. The van der Waals surface area contributed by atoms with Crippen molar-refractivity contribution in [2.45, 2.75) is 18.7 Å². The molecule has 0 saturated heterocycles. The number of ether oxygens (including phenoxy) is 3. The first-order valence-corrected chi connectivity index (χ1v) is 10.6. The van der Waals surface area contributed by atoms with E-state index in [9.17, 15) is 0 Å². The van der Waals surface area contributed by atoms with E-state index in [2.05, 4.69) is 6.07 Å². The summed E-state index contributed by atoms with van der Waals surface area (Å²) in [6, 6.07) is 19.3. The lowest BCUT2D eigenvalue weighted by Gasteiger charge is -2.38. The Kier molecular flexibility index (Phi) is 5.16. The quantitative estimate of drug-likeness (QED) is 0.466. The molecule has 158 valence electrons. The van der Waals surface area contributed by atoms with Crippen molar-refractivity contribution in [3.63, 3.8) is 0 Å². The molecule has 2 atom stereocenters. The van der Waals surface area contributed by atoms with Gasteiger partial charge < -0.3 is 14.2 Å². The molecule has 0 amide bonds. The zero-order chi connectivity index (χ0) is 21.5. The van der Waals surface area contributed by atoms with Crippen LogP contribution in [0, 0.1) is 0 Å². The van der Waals surface area contributed by atoms with Gasteiger partial charge in [-0.3, -0.25) is 0 Å². The van der Waals surface area contributed by atoms with Gasteiger partial charge in [0.15, 0.2) is 0 Å². The van der Waals surface area contributed by atoms with E-state index >= 15 is 0 Å². The fourth-order valence-corrected chi connectivity index (χ4v) is 4.64. The third-order valence-corrected chi connectivity index (χ3v) is 6.21. The molecule has 0 radical (unpaired) electrons. The van der Waals surface area contributed by atoms with Gasteiger partial charge in [0.05, 0.1) is 31.0 Å². The SMILES string of the molecule is COc1ccc(C2=NN3[C@H](C2)c2ccccc2O[C@@H]3c2ccc(Cl)cc2Cl)c(OC)c1. The summed E-state index contributed by atoms with van der Waals surface area (Å²) in [6.45, 7) is 0. The van der Waals surface area contributed by atoms with Crippen LogP contribution in [0.4, 0.5) is 0 Å². The normalized spacial score (nSPS) is 19.2. The summed E-state index contributed by atoms with van der Waals surface area (Å²) >= 11 is 12.7. The first kappa shape index (κ1) is 20.0. The molecular formula is C24H20Cl2N2O3. The summed E-state index contributed by atoms with van der Waals surface area (Å²) in [5.41, 5.74) is 3.75. The molecule has 7 heteroatoms. The van der Waals surface area contributed by atoms with E-state index in [-0.39, 0.29) is 6.04 Å². The third-order valence-electron chi connectivity index (χ3n) is 5.65. The van der Waals surface area contributed by atoms with Gasteiger partial charge >= 0.3 is 0 Å². The maximum absolute atomic E-state index is 6.54. The lowest BCUT2D eigenvalue weighted by atomic mass is 9.95. The number of benzene rings is 3. The Balaban J connectivity index is 1.61. The van der Waals surface area contributed by atoms with E-state index in [4.69, 9.17) is 42.5 Å². The van der Waals surface area contributed by atoms with Crippen molar-refractivity contribution in [2.24, 2.45) is 5.10 Å². The van der Waals surface area contributed by atoms with Crippen molar-refractivity contribution in [3.8, 4) is 17.2 Å². The molecule has 0 aromatic heterocycles. The van der Waals surface area contributed by atoms with Crippen molar-refractivity contribution in [1.29, 1.82) is 0 Å². The van der Waals surface area contributed by atoms with E-state index < -0.39 is 6.23 Å². The predicted octanol–water partition coefficient (Wildman–Crippen LogP) is 6.25. The number of hydrogen-bond acceptors (Lipinski definition) is 5. The molecule has 2 aliphatic rings. The highest BCUT2D eigenvalue weighted by Gasteiger charge is 2.42. The highest BCUT2D eigenvalue weighted by atomic mass is 35.5. The average Bonchev–Trinajstić information content (AvgIpc) is 3.24. The average molecular weight is 455 g/mol. The van der Waals surface area contributed by atoms with Crippen LogP contribution in [0.25, 0.3) is 0 Å². The van der Waals surface area contributed by atoms with Crippen molar-refractivity contribution >= 4 is 28.9 Å². The van der Waals surface area contributed by atoms with E-state index in [1.165, 1.54) is 0 Å². The molecule has 0 spiro atoms. The van der Waals surface area contributed by atoms with E-state index in [0.717, 1.165) is 33.9 Å². The molecule has 31 heavy (non-hydrogen) atoms. The molecule has 2 aliphatic heterocycles. The molecule has 0 aliphatic carbocycles. The number of nitrogens with zero attached hydrogens (tertiary/aromatic N) is 2. The summed E-state index contributed by atoms with van der Waals surface area (Å²) in [6.07, 6.45) is 0.247. The summed E-state index contributed by atoms with van der Waals surface area (Å²) < 4.78 is 17.3. The Morgan fingerprint density at radius 2 is 1.81 bits per heavy atom. The Bertz CT molecular complexity index is 1180. The molecule has 0 unspecified atom stereocenters. The predicted molar refractivity (Wildman–Crippen MR) is 122 cm³/mol. The Morgan fingerprint density at radius 1 is 0.968 bits per heavy atom. The van der Waals surface area contributed by atoms with E-state index in [0.29, 0.717) is 22.2 Å². The number of halogens is 2. The molecular weight excluding hydrogens is 435 g/mol. The Morgan fingerprint density at radius 3 is 2.58 bits per heavy atom. The maximum atomic E-state index is 6.54. The summed E-state index contributed by atoms with van der Waals surface area (Å²) in [5, 5.41) is 8.08. The second-order valence-corrected chi connectivity index (χ2v) is 8.23. The van der Waals surface area contributed by atoms with Crippen LogP contribution in [0.15, 0.2) is 65.8 Å². The van der Waals surface area contributed by atoms with E-state index in [1.807, 2.05) is 53.5 Å². The van der Waals surface area contributed by atoms with E-state index in [1.54, 1.807) is 20.3 Å². The van der Waals surface area contributed by atoms with Crippen molar-refractivity contribution in [3.05, 3.63) is 87.4 Å². The minimum atomic E-state index is -0.466.